The third-order valence-electron chi connectivity index (χ3n) is 2.52. The van der Waals surface area contributed by atoms with Crippen molar-refractivity contribution in [2.45, 2.75) is 20.5 Å². The second-order valence-electron chi connectivity index (χ2n) is 4.76. The van der Waals surface area contributed by atoms with E-state index in [1.165, 1.54) is 25.3 Å². The molecule has 6 heteroatoms. The van der Waals surface area contributed by atoms with Crippen LogP contribution >= 0.6 is 0 Å². The Morgan fingerprint density at radius 3 is 2.62 bits per heavy atom. The summed E-state index contributed by atoms with van der Waals surface area (Å²) in [6.07, 6.45) is 2.95. The first-order valence-electron chi connectivity index (χ1n) is 6.51. The number of amides is 1. The fraction of sp³-hybridized carbons (Fsp3) is 0.400. The Balaban J connectivity index is 2.73. The Morgan fingerprint density at radius 2 is 2.05 bits per heavy atom. The van der Waals surface area contributed by atoms with Crippen LogP contribution < -0.4 is 14.8 Å². The Bertz CT molecular complexity index is 502. The predicted octanol–water partition coefficient (Wildman–Crippen LogP) is 3.08. The van der Waals surface area contributed by atoms with Gasteiger partial charge in [-0.2, -0.15) is 8.78 Å². The highest BCUT2D eigenvalue weighted by Crippen LogP contribution is 2.29. The normalized spacial score (nSPS) is 11.2. The molecule has 0 fully saturated rings. The molecule has 1 N–H and O–H groups in total. The van der Waals surface area contributed by atoms with Crippen LogP contribution in [0.5, 0.6) is 11.5 Å². The van der Waals surface area contributed by atoms with Crippen molar-refractivity contribution in [2.24, 2.45) is 5.92 Å². The van der Waals surface area contributed by atoms with Gasteiger partial charge in [0.1, 0.15) is 0 Å². The molecule has 0 aliphatic rings. The number of carbonyl (C=O) groups excluding carboxylic acids is 1. The van der Waals surface area contributed by atoms with Crippen LogP contribution in [0.4, 0.5) is 8.78 Å². The van der Waals surface area contributed by atoms with E-state index in [1.54, 1.807) is 12.1 Å². The molecular formula is C15H19F2NO3. The Kier molecular flexibility index (Phi) is 6.65. The minimum absolute atomic E-state index is 0.0473. The van der Waals surface area contributed by atoms with Gasteiger partial charge in [0.25, 0.3) is 0 Å². The smallest absolute Gasteiger partial charge is 0.387 e. The summed E-state index contributed by atoms with van der Waals surface area (Å²) in [6, 6.07) is 4.45. The first-order valence-corrected chi connectivity index (χ1v) is 6.51. The van der Waals surface area contributed by atoms with Crippen molar-refractivity contribution in [2.75, 3.05) is 13.7 Å². The van der Waals surface area contributed by atoms with E-state index >= 15 is 0 Å². The van der Waals surface area contributed by atoms with Gasteiger partial charge in [0.2, 0.25) is 5.91 Å². The molecule has 0 saturated carbocycles. The summed E-state index contributed by atoms with van der Waals surface area (Å²) in [5, 5.41) is 2.74. The SMILES string of the molecule is COc1cc(/C=C/C(=O)NCC(C)C)ccc1OC(F)F. The van der Waals surface area contributed by atoms with Crippen molar-refractivity contribution in [3.05, 3.63) is 29.8 Å². The predicted molar refractivity (Wildman–Crippen MR) is 76.5 cm³/mol. The number of rotatable bonds is 7. The number of methoxy groups -OCH3 is 1. The van der Waals surface area contributed by atoms with Crippen LogP contribution in [0.15, 0.2) is 24.3 Å². The zero-order valence-corrected chi connectivity index (χ0v) is 12.2. The van der Waals surface area contributed by atoms with Gasteiger partial charge in [0.05, 0.1) is 7.11 Å². The summed E-state index contributed by atoms with van der Waals surface area (Å²) in [6.45, 7) is 1.67. The Hall–Kier alpha value is -2.11. The average molecular weight is 299 g/mol. The zero-order valence-electron chi connectivity index (χ0n) is 12.2. The van der Waals surface area contributed by atoms with Gasteiger partial charge in [0, 0.05) is 12.6 Å². The second kappa shape index (κ2) is 8.24. The molecule has 0 aromatic heterocycles. The van der Waals surface area contributed by atoms with Crippen LogP contribution in [-0.4, -0.2) is 26.2 Å². The molecule has 0 aliphatic heterocycles. The van der Waals surface area contributed by atoms with Crippen molar-refractivity contribution in [3.63, 3.8) is 0 Å². The number of alkyl halides is 2. The molecule has 0 saturated heterocycles. The summed E-state index contributed by atoms with van der Waals surface area (Å²) < 4.78 is 33.7. The van der Waals surface area contributed by atoms with Gasteiger partial charge >= 0.3 is 6.61 Å². The standard InChI is InChI=1S/C15H19F2NO3/c1-10(2)9-18-14(19)7-5-11-4-6-12(21-15(16)17)13(8-11)20-3/h4-8,10,15H,9H2,1-3H3,(H,18,19)/b7-5+. The molecule has 0 radical (unpaired) electrons. The molecule has 0 aliphatic carbocycles. The van der Waals surface area contributed by atoms with Crippen molar-refractivity contribution >= 4 is 12.0 Å². The summed E-state index contributed by atoms with van der Waals surface area (Å²) in [5.74, 6) is 0.290. The van der Waals surface area contributed by atoms with E-state index in [1.807, 2.05) is 13.8 Å². The number of ether oxygens (including phenoxy) is 2. The number of hydrogen-bond acceptors (Lipinski definition) is 3. The minimum Gasteiger partial charge on any atom is -0.493 e. The van der Waals surface area contributed by atoms with E-state index in [-0.39, 0.29) is 17.4 Å². The van der Waals surface area contributed by atoms with Gasteiger partial charge in [-0.3, -0.25) is 4.79 Å². The first kappa shape index (κ1) is 16.9. The molecule has 1 aromatic carbocycles. The second-order valence-corrected chi connectivity index (χ2v) is 4.76. The fourth-order valence-corrected chi connectivity index (χ4v) is 1.52. The fourth-order valence-electron chi connectivity index (χ4n) is 1.52. The van der Waals surface area contributed by atoms with Crippen LogP contribution in [0.1, 0.15) is 19.4 Å². The molecule has 0 unspecified atom stereocenters. The number of halogens is 2. The van der Waals surface area contributed by atoms with Gasteiger partial charge in [-0.05, 0) is 29.7 Å². The van der Waals surface area contributed by atoms with Gasteiger partial charge in [-0.1, -0.05) is 19.9 Å². The van der Waals surface area contributed by atoms with Crippen molar-refractivity contribution in [1.29, 1.82) is 0 Å². The highest BCUT2D eigenvalue weighted by Gasteiger charge is 2.10. The van der Waals surface area contributed by atoms with E-state index in [2.05, 4.69) is 10.1 Å². The lowest BCUT2D eigenvalue weighted by Gasteiger charge is -2.10. The zero-order chi connectivity index (χ0) is 15.8. The maximum Gasteiger partial charge on any atom is 0.387 e. The molecule has 0 spiro atoms. The molecule has 1 aromatic rings. The van der Waals surface area contributed by atoms with Gasteiger partial charge in [-0.15, -0.1) is 0 Å². The van der Waals surface area contributed by atoms with E-state index in [0.29, 0.717) is 18.0 Å². The van der Waals surface area contributed by atoms with Crippen molar-refractivity contribution in [3.8, 4) is 11.5 Å². The summed E-state index contributed by atoms with van der Waals surface area (Å²) >= 11 is 0. The van der Waals surface area contributed by atoms with E-state index in [0.717, 1.165) is 0 Å². The van der Waals surface area contributed by atoms with Crippen molar-refractivity contribution in [1.82, 2.24) is 5.32 Å². The molecule has 116 valence electrons. The van der Waals surface area contributed by atoms with Crippen LogP contribution in [0, 0.1) is 5.92 Å². The molecule has 0 heterocycles. The number of nitrogens with one attached hydrogen (secondary N) is 1. The highest BCUT2D eigenvalue weighted by molar-refractivity contribution is 5.91. The van der Waals surface area contributed by atoms with E-state index in [4.69, 9.17) is 4.74 Å². The molecule has 4 nitrogen and oxygen atoms in total. The van der Waals surface area contributed by atoms with Crippen LogP contribution in [0.2, 0.25) is 0 Å². The molecular weight excluding hydrogens is 280 g/mol. The Morgan fingerprint density at radius 1 is 1.33 bits per heavy atom. The summed E-state index contributed by atoms with van der Waals surface area (Å²) in [7, 11) is 1.36. The van der Waals surface area contributed by atoms with Crippen LogP contribution in [0.25, 0.3) is 6.08 Å². The molecule has 1 rings (SSSR count). The van der Waals surface area contributed by atoms with Crippen LogP contribution in [-0.2, 0) is 4.79 Å². The quantitative estimate of drug-likeness (QED) is 0.787. The largest absolute Gasteiger partial charge is 0.493 e. The van der Waals surface area contributed by atoms with Gasteiger partial charge < -0.3 is 14.8 Å². The highest BCUT2D eigenvalue weighted by atomic mass is 19.3. The lowest BCUT2D eigenvalue weighted by molar-refractivity contribution is -0.116. The van der Waals surface area contributed by atoms with Gasteiger partial charge in [-0.25, -0.2) is 0 Å². The molecule has 1 amide bonds. The third-order valence-corrected chi connectivity index (χ3v) is 2.52. The lowest BCUT2D eigenvalue weighted by atomic mass is 10.2. The van der Waals surface area contributed by atoms with Crippen LogP contribution in [0.3, 0.4) is 0 Å². The molecule has 21 heavy (non-hydrogen) atoms. The monoisotopic (exact) mass is 299 g/mol. The van der Waals surface area contributed by atoms with Gasteiger partial charge in [0.15, 0.2) is 11.5 Å². The number of carbonyl (C=O) groups is 1. The maximum atomic E-state index is 12.2. The maximum absolute atomic E-state index is 12.2. The summed E-state index contributed by atoms with van der Waals surface area (Å²) in [4.78, 5) is 11.5. The number of hydrogen-bond donors (Lipinski definition) is 1. The average Bonchev–Trinajstić information content (AvgIpc) is 2.43. The Labute approximate surface area is 122 Å². The molecule has 0 bridgehead atoms. The number of benzene rings is 1. The lowest BCUT2D eigenvalue weighted by Crippen LogP contribution is -2.25. The summed E-state index contributed by atoms with van der Waals surface area (Å²) in [5.41, 5.74) is 0.646. The topological polar surface area (TPSA) is 47.6 Å². The minimum atomic E-state index is -2.91. The third kappa shape index (κ3) is 6.25. The van der Waals surface area contributed by atoms with E-state index < -0.39 is 6.61 Å². The van der Waals surface area contributed by atoms with E-state index in [9.17, 15) is 13.6 Å². The van der Waals surface area contributed by atoms with Crippen molar-refractivity contribution < 1.29 is 23.0 Å². The molecule has 0 atom stereocenters. The first-order chi connectivity index (χ1) is 9.92.